The van der Waals surface area contributed by atoms with Crippen LogP contribution < -0.4 is 15.4 Å². The molecule has 3 rings (SSSR count). The second-order valence-electron chi connectivity index (χ2n) is 7.58. The molecule has 1 aliphatic carbocycles. The summed E-state index contributed by atoms with van der Waals surface area (Å²) in [4.78, 5) is 24.8. The van der Waals surface area contributed by atoms with Crippen LogP contribution in [0.5, 0.6) is 5.75 Å². The molecule has 2 amide bonds. The van der Waals surface area contributed by atoms with Gasteiger partial charge in [0.05, 0.1) is 18.2 Å². The highest BCUT2D eigenvalue weighted by Crippen LogP contribution is 2.41. The van der Waals surface area contributed by atoms with Crippen molar-refractivity contribution in [1.29, 1.82) is 0 Å². The second kappa shape index (κ2) is 10.1. The Morgan fingerprint density at radius 2 is 1.83 bits per heavy atom. The molecule has 1 fully saturated rings. The Morgan fingerprint density at radius 3 is 2.52 bits per heavy atom. The first-order chi connectivity index (χ1) is 14.1. The van der Waals surface area contributed by atoms with Crippen molar-refractivity contribution in [1.82, 2.24) is 10.6 Å². The predicted molar refractivity (Wildman–Crippen MR) is 114 cm³/mol. The van der Waals surface area contributed by atoms with Gasteiger partial charge in [-0.2, -0.15) is 0 Å². The number of ether oxygens (including phenoxy) is 1. The maximum Gasteiger partial charge on any atom is 0.255 e. The molecule has 0 radical (unpaired) electrons. The van der Waals surface area contributed by atoms with Crippen molar-refractivity contribution in [2.24, 2.45) is 5.92 Å². The number of amides is 2. The minimum absolute atomic E-state index is 0.0337. The third-order valence-corrected chi connectivity index (χ3v) is 5.14. The fourth-order valence-electron chi connectivity index (χ4n) is 3.40. The molecule has 0 saturated heterocycles. The number of carbonyl (C=O) groups excluding carboxylic acids is 2. The molecule has 0 bridgehead atoms. The van der Waals surface area contributed by atoms with Crippen molar-refractivity contribution in [3.8, 4) is 5.75 Å². The van der Waals surface area contributed by atoms with Crippen LogP contribution in [-0.4, -0.2) is 25.0 Å². The monoisotopic (exact) mass is 394 g/mol. The quantitative estimate of drug-likeness (QED) is 0.594. The summed E-state index contributed by atoms with van der Waals surface area (Å²) in [6.07, 6.45) is 3.31. The van der Waals surface area contributed by atoms with E-state index in [2.05, 4.69) is 41.8 Å². The average Bonchev–Trinajstić information content (AvgIpc) is 3.56. The van der Waals surface area contributed by atoms with Crippen molar-refractivity contribution >= 4 is 11.8 Å². The molecule has 1 saturated carbocycles. The summed E-state index contributed by atoms with van der Waals surface area (Å²) in [6, 6.07) is 15.7. The van der Waals surface area contributed by atoms with Crippen LogP contribution in [0.15, 0.2) is 48.5 Å². The van der Waals surface area contributed by atoms with Gasteiger partial charge in [-0.3, -0.25) is 9.59 Å². The second-order valence-corrected chi connectivity index (χ2v) is 7.58. The van der Waals surface area contributed by atoms with Crippen molar-refractivity contribution in [3.05, 3.63) is 65.2 Å². The van der Waals surface area contributed by atoms with Gasteiger partial charge in [0.15, 0.2) is 0 Å². The third-order valence-electron chi connectivity index (χ3n) is 5.14. The lowest BCUT2D eigenvalue weighted by molar-refractivity contribution is -0.122. The summed E-state index contributed by atoms with van der Waals surface area (Å²) < 4.78 is 5.50. The average molecular weight is 395 g/mol. The van der Waals surface area contributed by atoms with Crippen LogP contribution in [0.3, 0.4) is 0 Å². The molecule has 5 nitrogen and oxygen atoms in total. The topological polar surface area (TPSA) is 67.4 Å². The maximum absolute atomic E-state index is 12.4. The largest absolute Gasteiger partial charge is 0.493 e. The van der Waals surface area contributed by atoms with Crippen LogP contribution in [0.4, 0.5) is 0 Å². The van der Waals surface area contributed by atoms with Gasteiger partial charge in [-0.1, -0.05) is 42.0 Å². The summed E-state index contributed by atoms with van der Waals surface area (Å²) in [7, 11) is 0. The molecule has 2 aromatic rings. The first-order valence-electron chi connectivity index (χ1n) is 10.4. The standard InChI is InChI=1S/C24H30N2O3/c1-3-29-21-8-5-4-7-20(21)24(28)25-16-6-9-22(27)26-23(19-14-15-19)18-12-10-17(2)11-13-18/h4-5,7-8,10-13,19,23H,3,6,9,14-16H2,1-2H3,(H,25,28)(H,26,27). The van der Waals surface area contributed by atoms with Crippen LogP contribution in [0.2, 0.25) is 0 Å². The lowest BCUT2D eigenvalue weighted by Crippen LogP contribution is -2.31. The highest BCUT2D eigenvalue weighted by molar-refractivity contribution is 5.96. The van der Waals surface area contributed by atoms with Crippen molar-refractivity contribution in [2.45, 2.75) is 45.6 Å². The van der Waals surface area contributed by atoms with Gasteiger partial charge in [0, 0.05) is 13.0 Å². The van der Waals surface area contributed by atoms with E-state index in [-0.39, 0.29) is 17.9 Å². The van der Waals surface area contributed by atoms with E-state index >= 15 is 0 Å². The molecule has 154 valence electrons. The number of aryl methyl sites for hydroxylation is 1. The summed E-state index contributed by atoms with van der Waals surface area (Å²) in [5.41, 5.74) is 2.91. The van der Waals surface area contributed by atoms with E-state index in [1.165, 1.54) is 11.1 Å². The molecular formula is C24H30N2O3. The molecule has 29 heavy (non-hydrogen) atoms. The van der Waals surface area contributed by atoms with Gasteiger partial charge in [-0.25, -0.2) is 0 Å². The number of hydrogen-bond donors (Lipinski definition) is 2. The summed E-state index contributed by atoms with van der Waals surface area (Å²) in [5, 5.41) is 6.07. The SMILES string of the molecule is CCOc1ccccc1C(=O)NCCCC(=O)NC(c1ccc(C)cc1)C1CC1. The van der Waals surface area contributed by atoms with E-state index in [9.17, 15) is 9.59 Å². The van der Waals surface area contributed by atoms with Crippen LogP contribution in [0.25, 0.3) is 0 Å². The number of hydrogen-bond acceptors (Lipinski definition) is 3. The molecule has 1 atom stereocenters. The molecule has 5 heteroatoms. The van der Waals surface area contributed by atoms with Gasteiger partial charge in [0.25, 0.3) is 5.91 Å². The zero-order chi connectivity index (χ0) is 20.6. The van der Waals surface area contributed by atoms with Crippen molar-refractivity contribution in [2.75, 3.05) is 13.2 Å². The molecule has 1 unspecified atom stereocenters. The van der Waals surface area contributed by atoms with Gasteiger partial charge < -0.3 is 15.4 Å². The first-order valence-corrected chi connectivity index (χ1v) is 10.4. The molecule has 0 aliphatic heterocycles. The Morgan fingerprint density at radius 1 is 1.10 bits per heavy atom. The zero-order valence-corrected chi connectivity index (χ0v) is 17.2. The lowest BCUT2D eigenvalue weighted by atomic mass is 10.0. The molecule has 2 aromatic carbocycles. The molecule has 0 heterocycles. The van der Waals surface area contributed by atoms with E-state index < -0.39 is 0 Å². The smallest absolute Gasteiger partial charge is 0.255 e. The van der Waals surface area contributed by atoms with Gasteiger partial charge in [-0.15, -0.1) is 0 Å². The van der Waals surface area contributed by atoms with E-state index in [0.29, 0.717) is 43.2 Å². The Balaban J connectivity index is 1.45. The van der Waals surface area contributed by atoms with E-state index in [1.54, 1.807) is 12.1 Å². The summed E-state index contributed by atoms with van der Waals surface area (Å²) >= 11 is 0. The third kappa shape index (κ3) is 6.08. The fourth-order valence-corrected chi connectivity index (χ4v) is 3.40. The minimum atomic E-state index is -0.176. The van der Waals surface area contributed by atoms with Gasteiger partial charge >= 0.3 is 0 Å². The molecule has 0 spiro atoms. The minimum Gasteiger partial charge on any atom is -0.493 e. The number of rotatable bonds is 10. The van der Waals surface area contributed by atoms with Crippen LogP contribution in [-0.2, 0) is 4.79 Å². The molecular weight excluding hydrogens is 364 g/mol. The predicted octanol–water partition coefficient (Wildman–Crippen LogP) is 4.17. The Hall–Kier alpha value is -2.82. The summed E-state index contributed by atoms with van der Waals surface area (Å²) in [6.45, 7) is 4.91. The van der Waals surface area contributed by atoms with Gasteiger partial charge in [0.2, 0.25) is 5.91 Å². The molecule has 2 N–H and O–H groups in total. The first kappa shape index (κ1) is 20.9. The summed E-state index contributed by atoms with van der Waals surface area (Å²) in [5.74, 6) is 0.975. The fraction of sp³-hybridized carbons (Fsp3) is 0.417. The van der Waals surface area contributed by atoms with E-state index in [0.717, 1.165) is 12.8 Å². The number of para-hydroxylation sites is 1. The molecule has 1 aliphatic rings. The van der Waals surface area contributed by atoms with Crippen molar-refractivity contribution in [3.63, 3.8) is 0 Å². The Kier molecular flexibility index (Phi) is 7.28. The zero-order valence-electron chi connectivity index (χ0n) is 17.2. The highest BCUT2D eigenvalue weighted by Gasteiger charge is 2.33. The Bertz CT molecular complexity index is 828. The maximum atomic E-state index is 12.4. The van der Waals surface area contributed by atoms with Crippen molar-refractivity contribution < 1.29 is 14.3 Å². The molecule has 0 aromatic heterocycles. The van der Waals surface area contributed by atoms with E-state index in [4.69, 9.17) is 4.74 Å². The van der Waals surface area contributed by atoms with Crippen LogP contribution in [0.1, 0.15) is 60.1 Å². The van der Waals surface area contributed by atoms with Crippen LogP contribution in [0, 0.1) is 12.8 Å². The van der Waals surface area contributed by atoms with Crippen LogP contribution >= 0.6 is 0 Å². The lowest BCUT2D eigenvalue weighted by Gasteiger charge is -2.19. The number of carbonyl (C=O) groups is 2. The normalized spacial score (nSPS) is 14.1. The number of benzene rings is 2. The van der Waals surface area contributed by atoms with Gasteiger partial charge in [-0.05, 0) is 56.7 Å². The Labute approximate surface area is 172 Å². The van der Waals surface area contributed by atoms with E-state index in [1.807, 2.05) is 19.1 Å². The number of nitrogens with one attached hydrogen (secondary N) is 2. The van der Waals surface area contributed by atoms with Gasteiger partial charge in [0.1, 0.15) is 5.75 Å². The highest BCUT2D eigenvalue weighted by atomic mass is 16.5.